The maximum Gasteiger partial charge on any atom is 0.147 e. The van der Waals surface area contributed by atoms with Gasteiger partial charge in [0.1, 0.15) is 6.79 Å². The van der Waals surface area contributed by atoms with Gasteiger partial charge >= 0.3 is 0 Å². The summed E-state index contributed by atoms with van der Waals surface area (Å²) in [6.07, 6.45) is -0.289. The molecule has 1 N–H and O–H groups in total. The van der Waals surface area contributed by atoms with Gasteiger partial charge in [-0.1, -0.05) is 37.3 Å². The highest BCUT2D eigenvalue weighted by Gasteiger charge is 2.17. The lowest BCUT2D eigenvalue weighted by molar-refractivity contribution is -0.131. The molecular formula is C16H26O5. The summed E-state index contributed by atoms with van der Waals surface area (Å²) in [6, 6.07) is 9.99. The minimum atomic E-state index is -0.289. The highest BCUT2D eigenvalue weighted by Crippen LogP contribution is 2.10. The van der Waals surface area contributed by atoms with Crippen LogP contribution in [0.2, 0.25) is 0 Å². The van der Waals surface area contributed by atoms with Gasteiger partial charge in [-0.15, -0.1) is 0 Å². The second-order valence-electron chi connectivity index (χ2n) is 4.88. The fourth-order valence-electron chi connectivity index (χ4n) is 1.78. The Balaban J connectivity index is 2.16. The van der Waals surface area contributed by atoms with Gasteiger partial charge in [-0.25, -0.2) is 0 Å². The third kappa shape index (κ3) is 8.14. The van der Waals surface area contributed by atoms with E-state index in [1.54, 1.807) is 7.11 Å². The smallest absolute Gasteiger partial charge is 0.147 e. The lowest BCUT2D eigenvalue weighted by Crippen LogP contribution is -2.30. The fourth-order valence-corrected chi connectivity index (χ4v) is 1.78. The van der Waals surface area contributed by atoms with Crippen LogP contribution in [0.15, 0.2) is 30.3 Å². The second kappa shape index (κ2) is 11.7. The van der Waals surface area contributed by atoms with Gasteiger partial charge in [-0.3, -0.25) is 0 Å². The predicted octanol–water partition coefficient (Wildman–Crippen LogP) is 1.84. The Morgan fingerprint density at radius 2 is 1.86 bits per heavy atom. The van der Waals surface area contributed by atoms with Gasteiger partial charge in [0.2, 0.25) is 0 Å². The summed E-state index contributed by atoms with van der Waals surface area (Å²) in [7, 11) is 1.62. The van der Waals surface area contributed by atoms with E-state index in [0.717, 1.165) is 5.56 Å². The maximum atomic E-state index is 9.35. The Labute approximate surface area is 126 Å². The molecule has 0 aliphatic rings. The van der Waals surface area contributed by atoms with Crippen LogP contribution in [0.3, 0.4) is 0 Å². The summed E-state index contributed by atoms with van der Waals surface area (Å²) in [5, 5.41) is 9.35. The van der Waals surface area contributed by atoms with Crippen molar-refractivity contribution in [1.82, 2.24) is 0 Å². The molecule has 5 nitrogen and oxygen atoms in total. The van der Waals surface area contributed by atoms with E-state index in [9.17, 15) is 5.11 Å². The number of rotatable bonds is 12. The summed E-state index contributed by atoms with van der Waals surface area (Å²) in [5.74, 6) is 0.0877. The van der Waals surface area contributed by atoms with E-state index in [4.69, 9.17) is 18.9 Å². The summed E-state index contributed by atoms with van der Waals surface area (Å²) in [6.45, 7) is 4.18. The van der Waals surface area contributed by atoms with Crippen molar-refractivity contribution in [2.75, 3.05) is 40.3 Å². The third-order valence-corrected chi connectivity index (χ3v) is 3.10. The third-order valence-electron chi connectivity index (χ3n) is 3.10. The Morgan fingerprint density at radius 1 is 1.10 bits per heavy atom. The molecule has 5 heteroatoms. The van der Waals surface area contributed by atoms with Gasteiger partial charge in [-0.05, 0) is 5.56 Å². The lowest BCUT2D eigenvalue weighted by atomic mass is 10.1. The first-order chi connectivity index (χ1) is 10.3. The first-order valence-electron chi connectivity index (χ1n) is 7.18. The van der Waals surface area contributed by atoms with Crippen LogP contribution in [-0.2, 0) is 25.6 Å². The predicted molar refractivity (Wildman–Crippen MR) is 79.9 cm³/mol. The lowest BCUT2D eigenvalue weighted by Gasteiger charge is -2.22. The minimum Gasteiger partial charge on any atom is -0.394 e. The van der Waals surface area contributed by atoms with E-state index >= 15 is 0 Å². The van der Waals surface area contributed by atoms with E-state index in [1.807, 2.05) is 37.3 Å². The molecule has 2 atom stereocenters. The van der Waals surface area contributed by atoms with Crippen LogP contribution in [0.25, 0.3) is 0 Å². The molecule has 1 rings (SSSR count). The Kier molecular flexibility index (Phi) is 10.0. The number of aliphatic hydroxyl groups excluding tert-OH is 1. The minimum absolute atomic E-state index is 0.0521. The van der Waals surface area contributed by atoms with Crippen LogP contribution >= 0.6 is 0 Å². The van der Waals surface area contributed by atoms with Crippen LogP contribution in [-0.4, -0.2) is 51.5 Å². The highest BCUT2D eigenvalue weighted by molar-refractivity contribution is 5.13. The molecule has 0 fully saturated rings. The second-order valence-corrected chi connectivity index (χ2v) is 4.88. The molecule has 0 bridgehead atoms. The topological polar surface area (TPSA) is 57.2 Å². The van der Waals surface area contributed by atoms with Crippen molar-refractivity contribution in [2.24, 2.45) is 5.92 Å². The normalized spacial score (nSPS) is 14.0. The average molecular weight is 298 g/mol. The molecule has 0 aliphatic carbocycles. The van der Waals surface area contributed by atoms with E-state index in [1.165, 1.54) is 0 Å². The number of ether oxygens (including phenoxy) is 4. The molecule has 0 amide bonds. The summed E-state index contributed by atoms with van der Waals surface area (Å²) >= 11 is 0. The molecule has 0 saturated carbocycles. The Morgan fingerprint density at radius 3 is 2.52 bits per heavy atom. The first-order valence-corrected chi connectivity index (χ1v) is 7.18. The molecule has 1 aromatic rings. The maximum absolute atomic E-state index is 9.35. The van der Waals surface area contributed by atoms with Gasteiger partial charge in [0.05, 0.1) is 39.1 Å². The van der Waals surface area contributed by atoms with Crippen molar-refractivity contribution >= 4 is 0 Å². The molecule has 0 spiro atoms. The number of hydrogen-bond acceptors (Lipinski definition) is 5. The standard InChI is InChI=1S/C16H26O5/c1-14(11-20-12-15-6-4-3-5-7-15)16(10-17)21-13-19-9-8-18-2/h3-7,14,16-17H,8-13H2,1-2H3/t14-,16+/m0/s1. The number of aliphatic hydroxyl groups is 1. The molecule has 0 unspecified atom stereocenters. The summed E-state index contributed by atoms with van der Waals surface area (Å²) < 4.78 is 21.3. The molecule has 0 heterocycles. The molecule has 120 valence electrons. The van der Waals surface area contributed by atoms with Gasteiger partial charge in [-0.2, -0.15) is 0 Å². The van der Waals surface area contributed by atoms with E-state index < -0.39 is 0 Å². The molecule has 21 heavy (non-hydrogen) atoms. The number of methoxy groups -OCH3 is 1. The zero-order chi connectivity index (χ0) is 15.3. The fraction of sp³-hybridized carbons (Fsp3) is 0.625. The van der Waals surface area contributed by atoms with Crippen molar-refractivity contribution in [1.29, 1.82) is 0 Å². The summed E-state index contributed by atoms with van der Waals surface area (Å²) in [4.78, 5) is 0. The molecule has 1 aromatic carbocycles. The van der Waals surface area contributed by atoms with Crippen LogP contribution in [0, 0.1) is 5.92 Å². The van der Waals surface area contributed by atoms with Crippen molar-refractivity contribution < 1.29 is 24.1 Å². The van der Waals surface area contributed by atoms with Gasteiger partial charge < -0.3 is 24.1 Å². The highest BCUT2D eigenvalue weighted by atomic mass is 16.7. The molecular weight excluding hydrogens is 272 g/mol. The summed E-state index contributed by atoms with van der Waals surface area (Å²) in [5.41, 5.74) is 1.13. The first kappa shape index (κ1) is 18.1. The molecule has 0 radical (unpaired) electrons. The van der Waals surface area contributed by atoms with Crippen LogP contribution in [0.1, 0.15) is 12.5 Å². The van der Waals surface area contributed by atoms with Gasteiger partial charge in [0.15, 0.2) is 0 Å². The van der Waals surface area contributed by atoms with E-state index in [-0.39, 0.29) is 25.4 Å². The van der Waals surface area contributed by atoms with E-state index in [2.05, 4.69) is 0 Å². The zero-order valence-electron chi connectivity index (χ0n) is 12.9. The van der Waals surface area contributed by atoms with Crippen molar-refractivity contribution in [3.05, 3.63) is 35.9 Å². The quantitative estimate of drug-likeness (QED) is 0.471. The zero-order valence-corrected chi connectivity index (χ0v) is 12.9. The van der Waals surface area contributed by atoms with Crippen LogP contribution in [0.4, 0.5) is 0 Å². The van der Waals surface area contributed by atoms with Crippen molar-refractivity contribution in [2.45, 2.75) is 19.6 Å². The molecule has 0 aromatic heterocycles. The van der Waals surface area contributed by atoms with E-state index in [0.29, 0.717) is 26.4 Å². The SMILES string of the molecule is COCCOCO[C@H](CO)[C@@H](C)COCc1ccccc1. The number of benzene rings is 1. The molecule has 0 saturated heterocycles. The number of hydrogen-bond donors (Lipinski definition) is 1. The largest absolute Gasteiger partial charge is 0.394 e. The van der Waals surface area contributed by atoms with Gasteiger partial charge in [0.25, 0.3) is 0 Å². The Bertz CT molecular complexity index is 344. The van der Waals surface area contributed by atoms with Gasteiger partial charge in [0, 0.05) is 13.0 Å². The average Bonchev–Trinajstić information content (AvgIpc) is 2.52. The molecule has 0 aliphatic heterocycles. The Hall–Kier alpha value is -0.980. The monoisotopic (exact) mass is 298 g/mol. The van der Waals surface area contributed by atoms with Crippen LogP contribution < -0.4 is 0 Å². The van der Waals surface area contributed by atoms with Crippen molar-refractivity contribution in [3.63, 3.8) is 0 Å². The van der Waals surface area contributed by atoms with Crippen molar-refractivity contribution in [3.8, 4) is 0 Å². The van der Waals surface area contributed by atoms with Crippen LogP contribution in [0.5, 0.6) is 0 Å².